The number of hydrogen-bond acceptors (Lipinski definition) is 2. The zero-order valence-corrected chi connectivity index (χ0v) is 5.83. The van der Waals surface area contributed by atoms with Gasteiger partial charge in [-0.3, -0.25) is 0 Å². The highest BCUT2D eigenvalue weighted by atomic mass is 16.3. The molecule has 0 aromatic rings. The lowest BCUT2D eigenvalue weighted by molar-refractivity contribution is 0.180. The third kappa shape index (κ3) is 1.85. The third-order valence-electron chi connectivity index (χ3n) is 1.89. The molecule has 1 fully saturated rings. The van der Waals surface area contributed by atoms with Gasteiger partial charge in [-0.25, -0.2) is 0 Å². The zero-order chi connectivity index (χ0) is 7.40. The van der Waals surface area contributed by atoms with Crippen molar-refractivity contribution in [2.75, 3.05) is 0 Å². The summed E-state index contributed by atoms with van der Waals surface area (Å²) in [6.45, 7) is 0. The lowest BCUT2D eigenvalue weighted by Crippen LogP contribution is -1.97. The normalized spacial score (nSPS) is 32.8. The summed E-state index contributed by atoms with van der Waals surface area (Å²) in [6.07, 6.45) is 6.00. The monoisotopic (exact) mass is 137 g/mol. The molecule has 1 aliphatic carbocycles. The van der Waals surface area contributed by atoms with Crippen molar-refractivity contribution < 1.29 is 5.11 Å². The van der Waals surface area contributed by atoms with E-state index in [2.05, 4.69) is 0 Å². The average Bonchev–Trinajstić information content (AvgIpc) is 2.31. The SMILES string of the molecule is N#CC=C[C@H]1CC[C@@H](O)C1. The minimum atomic E-state index is -0.131. The maximum Gasteiger partial charge on any atom is 0.0908 e. The fourth-order valence-corrected chi connectivity index (χ4v) is 1.35. The molecule has 0 unspecified atom stereocenters. The van der Waals surface area contributed by atoms with E-state index in [4.69, 9.17) is 10.4 Å². The van der Waals surface area contributed by atoms with Crippen molar-refractivity contribution >= 4 is 0 Å². The highest BCUT2D eigenvalue weighted by Crippen LogP contribution is 2.25. The number of aliphatic hydroxyl groups excluding tert-OH is 1. The smallest absolute Gasteiger partial charge is 0.0908 e. The van der Waals surface area contributed by atoms with Gasteiger partial charge in [0.15, 0.2) is 0 Å². The van der Waals surface area contributed by atoms with Crippen LogP contribution in [-0.4, -0.2) is 11.2 Å². The zero-order valence-electron chi connectivity index (χ0n) is 5.83. The van der Waals surface area contributed by atoms with Crippen molar-refractivity contribution in [2.24, 2.45) is 5.92 Å². The standard InChI is InChI=1S/C8H11NO/c9-5-1-2-7-3-4-8(10)6-7/h1-2,7-8,10H,3-4,6H2/t7-,8+/m0/s1. The summed E-state index contributed by atoms with van der Waals surface area (Å²) in [5.74, 6) is 0.439. The van der Waals surface area contributed by atoms with Crippen LogP contribution >= 0.6 is 0 Å². The molecule has 0 aromatic heterocycles. The van der Waals surface area contributed by atoms with Crippen molar-refractivity contribution in [2.45, 2.75) is 25.4 Å². The van der Waals surface area contributed by atoms with Gasteiger partial charge in [-0.2, -0.15) is 5.26 Å². The quantitative estimate of drug-likeness (QED) is 0.552. The summed E-state index contributed by atoms with van der Waals surface area (Å²) in [5.41, 5.74) is 0. The van der Waals surface area contributed by atoms with Crippen molar-refractivity contribution in [3.05, 3.63) is 12.2 Å². The number of allylic oxidation sites excluding steroid dienone is 2. The molecule has 1 saturated carbocycles. The Labute approximate surface area is 60.8 Å². The summed E-state index contributed by atoms with van der Waals surface area (Å²) in [5, 5.41) is 17.3. The largest absolute Gasteiger partial charge is 0.393 e. The van der Waals surface area contributed by atoms with E-state index in [1.807, 2.05) is 12.1 Å². The molecule has 1 N–H and O–H groups in total. The first kappa shape index (κ1) is 7.30. The van der Waals surface area contributed by atoms with Crippen molar-refractivity contribution in [3.8, 4) is 6.07 Å². The fourth-order valence-electron chi connectivity index (χ4n) is 1.35. The lowest BCUT2D eigenvalue weighted by Gasteiger charge is -1.98. The second-order valence-corrected chi connectivity index (χ2v) is 2.72. The van der Waals surface area contributed by atoms with Crippen LogP contribution in [0.5, 0.6) is 0 Å². The van der Waals surface area contributed by atoms with E-state index in [0.717, 1.165) is 19.3 Å². The molecule has 0 aromatic carbocycles. The molecule has 0 aliphatic heterocycles. The molecule has 0 saturated heterocycles. The van der Waals surface area contributed by atoms with Crippen LogP contribution in [0.2, 0.25) is 0 Å². The number of aliphatic hydroxyl groups is 1. The van der Waals surface area contributed by atoms with E-state index >= 15 is 0 Å². The Morgan fingerprint density at radius 2 is 2.30 bits per heavy atom. The highest BCUT2D eigenvalue weighted by molar-refractivity contribution is 5.05. The number of rotatable bonds is 1. The topological polar surface area (TPSA) is 44.0 Å². The maximum atomic E-state index is 9.08. The van der Waals surface area contributed by atoms with E-state index < -0.39 is 0 Å². The first-order valence-corrected chi connectivity index (χ1v) is 3.57. The van der Waals surface area contributed by atoms with E-state index in [9.17, 15) is 0 Å². The minimum Gasteiger partial charge on any atom is -0.393 e. The second-order valence-electron chi connectivity index (χ2n) is 2.72. The predicted octanol–water partition coefficient (Wildman–Crippen LogP) is 1.23. The molecule has 10 heavy (non-hydrogen) atoms. The van der Waals surface area contributed by atoms with Crippen LogP contribution in [0.25, 0.3) is 0 Å². The van der Waals surface area contributed by atoms with Crippen molar-refractivity contribution in [1.82, 2.24) is 0 Å². The van der Waals surface area contributed by atoms with Gasteiger partial charge in [0.05, 0.1) is 12.2 Å². The Hall–Kier alpha value is -0.810. The Balaban J connectivity index is 2.33. The Morgan fingerprint density at radius 3 is 2.80 bits per heavy atom. The van der Waals surface area contributed by atoms with Crippen LogP contribution in [0.4, 0.5) is 0 Å². The van der Waals surface area contributed by atoms with Crippen LogP contribution < -0.4 is 0 Å². The summed E-state index contributed by atoms with van der Waals surface area (Å²) < 4.78 is 0. The van der Waals surface area contributed by atoms with Gasteiger partial charge in [-0.05, 0) is 25.2 Å². The molecule has 0 bridgehead atoms. The summed E-state index contributed by atoms with van der Waals surface area (Å²) >= 11 is 0. The summed E-state index contributed by atoms with van der Waals surface area (Å²) in [4.78, 5) is 0. The first-order chi connectivity index (χ1) is 4.83. The van der Waals surface area contributed by atoms with Crippen LogP contribution in [0.1, 0.15) is 19.3 Å². The van der Waals surface area contributed by atoms with Crippen molar-refractivity contribution in [1.29, 1.82) is 5.26 Å². The molecule has 0 spiro atoms. The first-order valence-electron chi connectivity index (χ1n) is 3.57. The molecule has 1 aliphatic rings. The molecule has 54 valence electrons. The average molecular weight is 137 g/mol. The molecule has 2 atom stereocenters. The maximum absolute atomic E-state index is 9.08. The van der Waals surface area contributed by atoms with Gasteiger partial charge in [-0.15, -0.1) is 0 Å². The van der Waals surface area contributed by atoms with E-state index in [1.165, 1.54) is 6.08 Å². The Morgan fingerprint density at radius 1 is 1.50 bits per heavy atom. The van der Waals surface area contributed by atoms with Gasteiger partial charge in [-0.1, -0.05) is 6.08 Å². The van der Waals surface area contributed by atoms with Gasteiger partial charge < -0.3 is 5.11 Å². The molecular formula is C8H11NO. The molecule has 2 nitrogen and oxygen atoms in total. The molecule has 0 radical (unpaired) electrons. The van der Waals surface area contributed by atoms with E-state index in [0.29, 0.717) is 5.92 Å². The predicted molar refractivity (Wildman–Crippen MR) is 38.1 cm³/mol. The second kappa shape index (κ2) is 3.38. The van der Waals surface area contributed by atoms with Gasteiger partial charge >= 0.3 is 0 Å². The fraction of sp³-hybridized carbons (Fsp3) is 0.625. The number of nitrogens with zero attached hydrogens (tertiary/aromatic N) is 1. The molecule has 2 heteroatoms. The van der Waals surface area contributed by atoms with Crippen LogP contribution in [0.15, 0.2) is 12.2 Å². The Bertz CT molecular complexity index is 169. The molecule has 0 heterocycles. The van der Waals surface area contributed by atoms with E-state index in [-0.39, 0.29) is 6.10 Å². The third-order valence-corrected chi connectivity index (χ3v) is 1.89. The van der Waals surface area contributed by atoms with Crippen LogP contribution in [0, 0.1) is 17.2 Å². The molecule has 0 amide bonds. The lowest BCUT2D eigenvalue weighted by atomic mass is 10.1. The number of nitriles is 1. The van der Waals surface area contributed by atoms with Gasteiger partial charge in [0.25, 0.3) is 0 Å². The Kier molecular flexibility index (Phi) is 2.47. The summed E-state index contributed by atoms with van der Waals surface area (Å²) in [7, 11) is 0. The highest BCUT2D eigenvalue weighted by Gasteiger charge is 2.19. The van der Waals surface area contributed by atoms with Gasteiger partial charge in [0.2, 0.25) is 0 Å². The molecule has 1 rings (SSSR count). The summed E-state index contributed by atoms with van der Waals surface area (Å²) in [6, 6.07) is 1.95. The van der Waals surface area contributed by atoms with Crippen LogP contribution in [-0.2, 0) is 0 Å². The minimum absolute atomic E-state index is 0.131. The van der Waals surface area contributed by atoms with Gasteiger partial charge in [0.1, 0.15) is 0 Å². The van der Waals surface area contributed by atoms with Crippen molar-refractivity contribution in [3.63, 3.8) is 0 Å². The van der Waals surface area contributed by atoms with Gasteiger partial charge in [0, 0.05) is 6.08 Å². The van der Waals surface area contributed by atoms with E-state index in [1.54, 1.807) is 0 Å². The van der Waals surface area contributed by atoms with Crippen LogP contribution in [0.3, 0.4) is 0 Å². The number of hydrogen-bond donors (Lipinski definition) is 1. The molecular weight excluding hydrogens is 126 g/mol.